The topological polar surface area (TPSA) is 136 Å². The van der Waals surface area contributed by atoms with Crippen LogP contribution in [0.4, 0.5) is 0 Å². The molecular weight excluding hydrogens is 359 g/mol. The molecule has 0 aromatic heterocycles. The van der Waals surface area contributed by atoms with Crippen LogP contribution in [0.3, 0.4) is 0 Å². The number of aliphatic hydroxyl groups excluding tert-OH is 1. The molecule has 0 aromatic carbocycles. The third kappa shape index (κ3) is 80.5. The number of aliphatic hydroxyl groups is 1. The normalized spacial score (nSPS) is 8.96. The monoisotopic (exact) mass is 396 g/mol. The van der Waals surface area contributed by atoms with E-state index in [1.807, 2.05) is 0 Å². The molecule has 5 N–H and O–H groups in total. The van der Waals surface area contributed by atoms with Gasteiger partial charge in [-0.15, -0.1) is 0 Å². The van der Waals surface area contributed by atoms with Gasteiger partial charge < -0.3 is 15.3 Å². The Morgan fingerprint density at radius 1 is 0.840 bits per heavy atom. The van der Waals surface area contributed by atoms with Crippen molar-refractivity contribution < 1.29 is 32.8 Å². The van der Waals surface area contributed by atoms with E-state index in [1.54, 1.807) is 0 Å². The maximum absolute atomic E-state index is 8.74. The molecule has 0 bridgehead atoms. The summed E-state index contributed by atoms with van der Waals surface area (Å²) in [5, 5.41) is 8.57. The third-order valence-corrected chi connectivity index (χ3v) is 2.70. The first-order chi connectivity index (χ1) is 10.8. The number of unbranched alkanes of at least 4 members (excludes halogenated alkanes) is 9. The van der Waals surface area contributed by atoms with Crippen LogP contribution < -0.4 is 0 Å². The molecule has 0 saturated carbocycles. The molecule has 0 saturated heterocycles. The van der Waals surface area contributed by atoms with Crippen molar-refractivity contribution in [2.45, 2.75) is 71.1 Å². The average Bonchev–Trinajstić information content (AvgIpc) is 2.45. The minimum atomic E-state index is -4.67. The molecule has 0 amide bonds. The van der Waals surface area contributed by atoms with E-state index in [0.717, 1.165) is 6.42 Å². The van der Waals surface area contributed by atoms with E-state index in [9.17, 15) is 0 Å². The Morgan fingerprint density at radius 2 is 1.12 bits per heavy atom. The van der Waals surface area contributed by atoms with Crippen LogP contribution in [0.15, 0.2) is 25.7 Å². The molecule has 0 heterocycles. The van der Waals surface area contributed by atoms with Crippen molar-refractivity contribution in [2.75, 3.05) is 6.61 Å². The van der Waals surface area contributed by atoms with Gasteiger partial charge in [-0.1, -0.05) is 77.9 Å². The molecule has 0 unspecified atom stereocenters. The molecule has 0 aliphatic carbocycles. The fourth-order valence-corrected chi connectivity index (χ4v) is 1.67. The van der Waals surface area contributed by atoms with Crippen molar-refractivity contribution in [3.63, 3.8) is 0 Å². The third-order valence-electron chi connectivity index (χ3n) is 2.70. The second kappa shape index (κ2) is 31.8. The summed E-state index contributed by atoms with van der Waals surface area (Å²) >= 11 is 0. The van der Waals surface area contributed by atoms with Crippen LogP contribution in [0, 0.1) is 0 Å². The SMILES string of the molecule is C=COC=C.CCCCCCCCCCCCO.O.O=S(=O)(O)O.[NaH]. The Labute approximate surface area is 175 Å². The summed E-state index contributed by atoms with van der Waals surface area (Å²) in [6.07, 6.45) is 15.9. The van der Waals surface area contributed by atoms with E-state index in [-0.39, 0.29) is 35.0 Å². The molecule has 9 heteroatoms. The van der Waals surface area contributed by atoms with Gasteiger partial charge in [-0.3, -0.25) is 9.11 Å². The van der Waals surface area contributed by atoms with Gasteiger partial charge in [0.05, 0.1) is 12.5 Å². The van der Waals surface area contributed by atoms with Gasteiger partial charge >= 0.3 is 40.0 Å². The maximum atomic E-state index is 8.74. The predicted molar refractivity (Wildman–Crippen MR) is 105 cm³/mol. The van der Waals surface area contributed by atoms with Crippen molar-refractivity contribution in [1.82, 2.24) is 0 Å². The molecule has 0 fully saturated rings. The van der Waals surface area contributed by atoms with Crippen LogP contribution in [0.5, 0.6) is 0 Å². The molecular formula is C16H37NaO7S. The van der Waals surface area contributed by atoms with Gasteiger partial charge in [0.15, 0.2) is 0 Å². The Kier molecular flexibility index (Phi) is 45.9. The van der Waals surface area contributed by atoms with E-state index in [2.05, 4.69) is 24.8 Å². The summed E-state index contributed by atoms with van der Waals surface area (Å²) in [6.45, 7) is 9.14. The number of hydrogen-bond acceptors (Lipinski definition) is 4. The summed E-state index contributed by atoms with van der Waals surface area (Å²) < 4.78 is 35.9. The van der Waals surface area contributed by atoms with Crippen LogP contribution in [-0.2, 0) is 15.1 Å². The first-order valence-corrected chi connectivity index (χ1v) is 9.41. The zero-order valence-corrected chi connectivity index (χ0v) is 15.6. The quantitative estimate of drug-likeness (QED) is 0.201. The van der Waals surface area contributed by atoms with E-state index < -0.39 is 10.4 Å². The van der Waals surface area contributed by atoms with Crippen LogP contribution >= 0.6 is 0 Å². The molecule has 0 aliphatic rings. The molecule has 0 atom stereocenters. The van der Waals surface area contributed by atoms with Crippen molar-refractivity contribution in [3.05, 3.63) is 25.7 Å². The van der Waals surface area contributed by atoms with Crippen LogP contribution in [-0.4, -0.2) is 64.3 Å². The summed E-state index contributed by atoms with van der Waals surface area (Å²) in [4.78, 5) is 0. The molecule has 25 heavy (non-hydrogen) atoms. The van der Waals surface area contributed by atoms with Crippen LogP contribution in [0.1, 0.15) is 71.1 Å². The van der Waals surface area contributed by atoms with Gasteiger partial charge in [0.2, 0.25) is 0 Å². The van der Waals surface area contributed by atoms with E-state index in [0.29, 0.717) is 6.61 Å². The van der Waals surface area contributed by atoms with Gasteiger partial charge in [0.25, 0.3) is 0 Å². The number of hydrogen-bond donors (Lipinski definition) is 3. The van der Waals surface area contributed by atoms with Gasteiger partial charge in [-0.05, 0) is 6.42 Å². The first-order valence-electron chi connectivity index (χ1n) is 8.01. The number of ether oxygens (including phenoxy) is 1. The summed E-state index contributed by atoms with van der Waals surface area (Å²) in [5.74, 6) is 0. The van der Waals surface area contributed by atoms with Crippen molar-refractivity contribution in [2.24, 2.45) is 0 Å². The Bertz CT molecular complexity index is 311. The average molecular weight is 397 g/mol. The fraction of sp³-hybridized carbons (Fsp3) is 0.750. The van der Waals surface area contributed by atoms with Crippen LogP contribution in [0.25, 0.3) is 0 Å². The first kappa shape index (κ1) is 36.1. The van der Waals surface area contributed by atoms with Gasteiger partial charge in [-0.25, -0.2) is 0 Å². The van der Waals surface area contributed by atoms with Crippen molar-refractivity contribution >= 4 is 40.0 Å². The van der Waals surface area contributed by atoms with Crippen LogP contribution in [0.2, 0.25) is 0 Å². The second-order valence-electron chi connectivity index (χ2n) is 4.82. The van der Waals surface area contributed by atoms with E-state index in [1.165, 1.54) is 70.3 Å². The van der Waals surface area contributed by atoms with Gasteiger partial charge in [0, 0.05) is 6.61 Å². The van der Waals surface area contributed by atoms with Crippen molar-refractivity contribution in [3.8, 4) is 0 Å². The molecule has 0 aromatic rings. The Morgan fingerprint density at radius 3 is 1.32 bits per heavy atom. The van der Waals surface area contributed by atoms with E-state index in [4.69, 9.17) is 22.6 Å². The van der Waals surface area contributed by atoms with Gasteiger partial charge in [0.1, 0.15) is 0 Å². The molecule has 7 nitrogen and oxygen atoms in total. The molecule has 150 valence electrons. The zero-order chi connectivity index (χ0) is 18.4. The molecule has 0 rings (SSSR count). The fourth-order valence-electron chi connectivity index (χ4n) is 1.67. The zero-order valence-electron chi connectivity index (χ0n) is 14.8. The summed E-state index contributed by atoms with van der Waals surface area (Å²) in [7, 11) is -4.67. The second-order valence-corrected chi connectivity index (χ2v) is 5.72. The van der Waals surface area contributed by atoms with Gasteiger partial charge in [-0.2, -0.15) is 8.42 Å². The van der Waals surface area contributed by atoms with Crippen molar-refractivity contribution in [1.29, 1.82) is 0 Å². The Hall–Kier alpha value is 0.0700. The summed E-state index contributed by atoms with van der Waals surface area (Å²) in [5.41, 5.74) is 0. The van der Waals surface area contributed by atoms with E-state index >= 15 is 0 Å². The Balaban J connectivity index is -0.0000000933. The predicted octanol–water partition coefficient (Wildman–Crippen LogP) is 3.06. The molecule has 0 aliphatic heterocycles. The summed E-state index contributed by atoms with van der Waals surface area (Å²) in [6, 6.07) is 0. The standard InChI is InChI=1S/C12H26O.C4H6O.Na.H2O4S.H2O.H/c1-2-3-4-5-6-7-8-9-10-11-12-13;1-3-5-4-2;;1-5(2,3)4;;/h13H,2-12H2,1H3;3-4H,1-2H2;;(H2,1,2,3,4);1H2;. The number of rotatable bonds is 12. The minimum absolute atomic E-state index is 0. The molecule has 0 radical (unpaired) electrons. The molecule has 0 spiro atoms.